The van der Waals surface area contributed by atoms with Crippen LogP contribution in [0, 0.1) is 11.7 Å². The van der Waals surface area contributed by atoms with Crippen LogP contribution in [0.5, 0.6) is 0 Å². The molecule has 0 aliphatic rings. The standard InChI is InChI=1S/C11H13FO3/c1-7(11(14)15)5-10(13)8-3-2-4-9(12)6-8/h2-4,6-7,10,13H,5H2,1H3,(H,14,15). The van der Waals surface area contributed by atoms with Gasteiger partial charge in [-0.15, -0.1) is 0 Å². The summed E-state index contributed by atoms with van der Waals surface area (Å²) in [7, 11) is 0. The maximum atomic E-state index is 12.8. The van der Waals surface area contributed by atoms with Gasteiger partial charge in [-0.25, -0.2) is 4.39 Å². The molecule has 0 saturated carbocycles. The normalized spacial score (nSPS) is 14.6. The number of hydrogen-bond acceptors (Lipinski definition) is 2. The SMILES string of the molecule is CC(CC(O)c1cccc(F)c1)C(=O)O. The Kier molecular flexibility index (Phi) is 3.80. The lowest BCUT2D eigenvalue weighted by atomic mass is 9.98. The zero-order chi connectivity index (χ0) is 11.4. The smallest absolute Gasteiger partial charge is 0.306 e. The van der Waals surface area contributed by atoms with E-state index >= 15 is 0 Å². The van der Waals surface area contributed by atoms with E-state index in [9.17, 15) is 14.3 Å². The van der Waals surface area contributed by atoms with Crippen LogP contribution in [0.25, 0.3) is 0 Å². The molecule has 0 amide bonds. The Morgan fingerprint density at radius 2 is 2.20 bits per heavy atom. The van der Waals surface area contributed by atoms with Gasteiger partial charge in [0, 0.05) is 0 Å². The topological polar surface area (TPSA) is 57.5 Å². The number of aliphatic hydroxyl groups excluding tert-OH is 1. The first-order chi connectivity index (χ1) is 7.00. The fourth-order valence-electron chi connectivity index (χ4n) is 1.29. The molecular formula is C11H13FO3. The second kappa shape index (κ2) is 4.89. The zero-order valence-corrected chi connectivity index (χ0v) is 8.35. The average Bonchev–Trinajstić information content (AvgIpc) is 2.17. The largest absolute Gasteiger partial charge is 0.481 e. The molecule has 0 saturated heterocycles. The van der Waals surface area contributed by atoms with E-state index in [1.807, 2.05) is 0 Å². The number of carboxylic acid groups (broad SMARTS) is 1. The van der Waals surface area contributed by atoms with Gasteiger partial charge in [-0.1, -0.05) is 19.1 Å². The molecule has 0 aromatic heterocycles. The first-order valence-corrected chi connectivity index (χ1v) is 4.67. The van der Waals surface area contributed by atoms with Crippen molar-refractivity contribution in [2.24, 2.45) is 5.92 Å². The van der Waals surface area contributed by atoms with Crippen molar-refractivity contribution < 1.29 is 19.4 Å². The highest BCUT2D eigenvalue weighted by atomic mass is 19.1. The van der Waals surface area contributed by atoms with Crippen molar-refractivity contribution in [2.75, 3.05) is 0 Å². The minimum absolute atomic E-state index is 0.0821. The monoisotopic (exact) mass is 212 g/mol. The van der Waals surface area contributed by atoms with Gasteiger partial charge in [-0.3, -0.25) is 4.79 Å². The number of carboxylic acids is 1. The van der Waals surface area contributed by atoms with Gasteiger partial charge in [0.1, 0.15) is 5.82 Å². The quantitative estimate of drug-likeness (QED) is 0.802. The third-order valence-corrected chi connectivity index (χ3v) is 2.23. The predicted octanol–water partition coefficient (Wildman–Crippen LogP) is 1.97. The number of halogens is 1. The summed E-state index contributed by atoms with van der Waals surface area (Å²) in [6.45, 7) is 1.50. The van der Waals surface area contributed by atoms with Crippen LogP contribution in [0.3, 0.4) is 0 Å². The minimum Gasteiger partial charge on any atom is -0.481 e. The maximum Gasteiger partial charge on any atom is 0.306 e. The van der Waals surface area contributed by atoms with Crippen molar-refractivity contribution in [3.05, 3.63) is 35.6 Å². The van der Waals surface area contributed by atoms with Crippen molar-refractivity contribution in [1.82, 2.24) is 0 Å². The summed E-state index contributed by atoms with van der Waals surface area (Å²) >= 11 is 0. The van der Waals surface area contributed by atoms with Crippen LogP contribution < -0.4 is 0 Å². The number of benzene rings is 1. The molecule has 0 fully saturated rings. The van der Waals surface area contributed by atoms with Gasteiger partial charge in [0.2, 0.25) is 0 Å². The van der Waals surface area contributed by atoms with Crippen LogP contribution >= 0.6 is 0 Å². The Morgan fingerprint density at radius 3 is 2.73 bits per heavy atom. The van der Waals surface area contributed by atoms with Crippen LogP contribution in [0.2, 0.25) is 0 Å². The van der Waals surface area contributed by atoms with Crippen molar-refractivity contribution in [3.8, 4) is 0 Å². The number of aliphatic hydroxyl groups is 1. The third kappa shape index (κ3) is 3.32. The number of hydrogen-bond donors (Lipinski definition) is 2. The van der Waals surface area contributed by atoms with Gasteiger partial charge < -0.3 is 10.2 Å². The number of carbonyl (C=O) groups is 1. The van der Waals surface area contributed by atoms with Crippen LogP contribution in [0.4, 0.5) is 4.39 Å². The molecule has 4 heteroatoms. The van der Waals surface area contributed by atoms with Crippen LogP contribution in [-0.4, -0.2) is 16.2 Å². The molecule has 2 N–H and O–H groups in total. The fraction of sp³-hybridized carbons (Fsp3) is 0.364. The van der Waals surface area contributed by atoms with Crippen LogP contribution in [-0.2, 0) is 4.79 Å². The Morgan fingerprint density at radius 1 is 1.53 bits per heavy atom. The number of aliphatic carboxylic acids is 1. The number of rotatable bonds is 4. The summed E-state index contributed by atoms with van der Waals surface area (Å²) in [6.07, 6.45) is -0.856. The molecule has 0 aliphatic carbocycles. The van der Waals surface area contributed by atoms with E-state index in [0.717, 1.165) is 0 Å². The van der Waals surface area contributed by atoms with Gasteiger partial charge in [-0.2, -0.15) is 0 Å². The van der Waals surface area contributed by atoms with E-state index in [4.69, 9.17) is 5.11 Å². The molecule has 3 nitrogen and oxygen atoms in total. The fourth-order valence-corrected chi connectivity index (χ4v) is 1.29. The minimum atomic E-state index is -0.967. The molecular weight excluding hydrogens is 199 g/mol. The summed E-state index contributed by atoms with van der Waals surface area (Å²) < 4.78 is 12.8. The van der Waals surface area contributed by atoms with E-state index in [-0.39, 0.29) is 6.42 Å². The summed E-state index contributed by atoms with van der Waals surface area (Å²) in [5.74, 6) is -2.05. The van der Waals surface area contributed by atoms with Crippen molar-refractivity contribution >= 4 is 5.97 Å². The van der Waals surface area contributed by atoms with E-state index in [1.54, 1.807) is 6.07 Å². The maximum absolute atomic E-state index is 12.8. The Balaban J connectivity index is 2.68. The molecule has 2 atom stereocenters. The molecule has 0 spiro atoms. The summed E-state index contributed by atoms with van der Waals surface area (Å²) in [6, 6.07) is 5.54. The van der Waals surface area contributed by atoms with Gasteiger partial charge in [0.05, 0.1) is 12.0 Å². The molecule has 15 heavy (non-hydrogen) atoms. The third-order valence-electron chi connectivity index (χ3n) is 2.23. The molecule has 1 aromatic carbocycles. The molecule has 1 aromatic rings. The lowest BCUT2D eigenvalue weighted by molar-refractivity contribution is -0.142. The first kappa shape index (κ1) is 11.7. The van der Waals surface area contributed by atoms with E-state index in [1.165, 1.54) is 25.1 Å². The first-order valence-electron chi connectivity index (χ1n) is 4.67. The van der Waals surface area contributed by atoms with Crippen LogP contribution in [0.1, 0.15) is 25.0 Å². The Bertz CT molecular complexity index is 351. The lowest BCUT2D eigenvalue weighted by Crippen LogP contribution is -2.13. The summed E-state index contributed by atoms with van der Waals surface area (Å²) in [5.41, 5.74) is 0.406. The Hall–Kier alpha value is -1.42. The predicted molar refractivity (Wildman–Crippen MR) is 52.8 cm³/mol. The van der Waals surface area contributed by atoms with Gasteiger partial charge in [0.15, 0.2) is 0 Å². The van der Waals surface area contributed by atoms with Crippen LogP contribution in [0.15, 0.2) is 24.3 Å². The lowest BCUT2D eigenvalue weighted by Gasteiger charge is -2.13. The van der Waals surface area contributed by atoms with Gasteiger partial charge in [-0.05, 0) is 24.1 Å². The zero-order valence-electron chi connectivity index (χ0n) is 8.35. The molecule has 82 valence electrons. The van der Waals surface area contributed by atoms with Crippen molar-refractivity contribution in [2.45, 2.75) is 19.4 Å². The molecule has 2 unspecified atom stereocenters. The molecule has 0 bridgehead atoms. The van der Waals surface area contributed by atoms with Crippen molar-refractivity contribution in [3.63, 3.8) is 0 Å². The highest BCUT2D eigenvalue weighted by molar-refractivity contribution is 5.69. The average molecular weight is 212 g/mol. The molecule has 0 aliphatic heterocycles. The van der Waals surface area contributed by atoms with E-state index in [0.29, 0.717) is 5.56 Å². The Labute approximate surface area is 87.2 Å². The highest BCUT2D eigenvalue weighted by Gasteiger charge is 2.17. The highest BCUT2D eigenvalue weighted by Crippen LogP contribution is 2.21. The van der Waals surface area contributed by atoms with Crippen molar-refractivity contribution in [1.29, 1.82) is 0 Å². The van der Waals surface area contributed by atoms with E-state index in [2.05, 4.69) is 0 Å². The second-order valence-electron chi connectivity index (χ2n) is 3.55. The van der Waals surface area contributed by atoms with Gasteiger partial charge >= 0.3 is 5.97 Å². The molecule has 1 rings (SSSR count). The molecule has 0 radical (unpaired) electrons. The molecule has 0 heterocycles. The van der Waals surface area contributed by atoms with E-state index < -0.39 is 23.8 Å². The summed E-state index contributed by atoms with van der Waals surface area (Å²) in [4.78, 5) is 10.5. The summed E-state index contributed by atoms with van der Waals surface area (Å²) in [5, 5.41) is 18.3. The second-order valence-corrected chi connectivity index (χ2v) is 3.55. The van der Waals surface area contributed by atoms with Gasteiger partial charge in [0.25, 0.3) is 0 Å².